The summed E-state index contributed by atoms with van der Waals surface area (Å²) < 4.78 is 56.4. The Bertz CT molecular complexity index is 1220. The van der Waals surface area contributed by atoms with E-state index >= 15 is 0 Å². The minimum Gasteiger partial charge on any atom is -0.481 e. The Morgan fingerprint density at radius 1 is 1.15 bits per heavy atom. The summed E-state index contributed by atoms with van der Waals surface area (Å²) in [6, 6.07) is 3.33. The number of carbonyl (C=O) groups excluding carboxylic acids is 1. The summed E-state index contributed by atoms with van der Waals surface area (Å²) in [4.78, 5) is 26.2. The van der Waals surface area contributed by atoms with E-state index in [1.54, 1.807) is 0 Å². The van der Waals surface area contributed by atoms with Gasteiger partial charge in [0.2, 0.25) is 11.8 Å². The van der Waals surface area contributed by atoms with E-state index in [-0.39, 0.29) is 28.2 Å². The van der Waals surface area contributed by atoms with Gasteiger partial charge in [-0.15, -0.1) is 0 Å². The van der Waals surface area contributed by atoms with Crippen molar-refractivity contribution in [3.63, 3.8) is 0 Å². The number of hydrogen-bond donors (Lipinski definition) is 1. The lowest BCUT2D eigenvalue weighted by atomic mass is 9.89. The summed E-state index contributed by atoms with van der Waals surface area (Å²) in [5.41, 5.74) is -0.789. The second-order valence-electron chi connectivity index (χ2n) is 7.43. The van der Waals surface area contributed by atoms with Crippen LogP contribution in [0.15, 0.2) is 24.5 Å². The SMILES string of the molecule is CCC1(CC)Oc2cc(C(F)(F)F)ccc2-c2nc(NC(=O)c3c(OC)ncnc3OC)sc21. The summed E-state index contributed by atoms with van der Waals surface area (Å²) in [6.45, 7) is 3.78. The van der Waals surface area contributed by atoms with E-state index in [1.165, 1.54) is 38.0 Å². The lowest BCUT2D eigenvalue weighted by Gasteiger charge is -2.36. The van der Waals surface area contributed by atoms with Crippen LogP contribution in [0, 0.1) is 0 Å². The third-order valence-corrected chi connectivity index (χ3v) is 6.82. The molecule has 0 aliphatic carbocycles. The summed E-state index contributed by atoms with van der Waals surface area (Å²) in [6.07, 6.45) is -2.31. The quantitative estimate of drug-likeness (QED) is 0.497. The van der Waals surface area contributed by atoms with Crippen LogP contribution < -0.4 is 19.5 Å². The predicted octanol–water partition coefficient (Wildman–Crippen LogP) is 5.30. The Labute approximate surface area is 197 Å². The van der Waals surface area contributed by atoms with E-state index in [2.05, 4.69) is 20.3 Å². The number of aromatic nitrogens is 3. The van der Waals surface area contributed by atoms with Crippen LogP contribution in [-0.2, 0) is 11.8 Å². The predicted molar refractivity (Wildman–Crippen MR) is 119 cm³/mol. The number of carbonyl (C=O) groups is 1. The Hall–Kier alpha value is -3.41. The molecular formula is C22H21F3N4O4S. The molecule has 0 atom stereocenters. The Balaban J connectivity index is 1.78. The molecule has 0 saturated carbocycles. The van der Waals surface area contributed by atoms with Gasteiger partial charge >= 0.3 is 6.18 Å². The number of thiazole rings is 1. The molecule has 34 heavy (non-hydrogen) atoms. The van der Waals surface area contributed by atoms with E-state index in [0.717, 1.165) is 17.0 Å². The normalized spacial score (nSPS) is 14.0. The van der Waals surface area contributed by atoms with Gasteiger partial charge in [0.05, 0.1) is 30.4 Å². The topological polar surface area (TPSA) is 95.5 Å². The smallest absolute Gasteiger partial charge is 0.416 e. The lowest BCUT2D eigenvalue weighted by molar-refractivity contribution is -0.137. The second kappa shape index (κ2) is 8.75. The van der Waals surface area contributed by atoms with Crippen molar-refractivity contribution >= 4 is 22.4 Å². The molecule has 1 N–H and O–H groups in total. The minimum absolute atomic E-state index is 0.00983. The van der Waals surface area contributed by atoms with Crippen molar-refractivity contribution in [1.82, 2.24) is 15.0 Å². The average molecular weight is 494 g/mol. The van der Waals surface area contributed by atoms with Gasteiger partial charge in [-0.05, 0) is 31.0 Å². The van der Waals surface area contributed by atoms with Crippen LogP contribution in [0.2, 0.25) is 0 Å². The molecule has 1 aliphatic heterocycles. The number of anilines is 1. The maximum absolute atomic E-state index is 13.3. The molecule has 0 fully saturated rings. The summed E-state index contributed by atoms with van der Waals surface area (Å²) in [5.74, 6) is -0.451. The molecule has 0 bridgehead atoms. The van der Waals surface area contributed by atoms with Gasteiger partial charge < -0.3 is 14.2 Å². The van der Waals surface area contributed by atoms with Gasteiger partial charge in [-0.1, -0.05) is 25.2 Å². The Morgan fingerprint density at radius 3 is 2.35 bits per heavy atom. The van der Waals surface area contributed by atoms with Crippen molar-refractivity contribution in [3.8, 4) is 28.8 Å². The van der Waals surface area contributed by atoms with Crippen molar-refractivity contribution in [1.29, 1.82) is 0 Å². The molecule has 12 heteroatoms. The second-order valence-corrected chi connectivity index (χ2v) is 8.43. The van der Waals surface area contributed by atoms with Crippen LogP contribution in [0.25, 0.3) is 11.3 Å². The summed E-state index contributed by atoms with van der Waals surface area (Å²) in [5, 5.41) is 2.95. The van der Waals surface area contributed by atoms with Gasteiger partial charge in [0.15, 0.2) is 10.7 Å². The third-order valence-electron chi connectivity index (χ3n) is 5.66. The van der Waals surface area contributed by atoms with Crippen LogP contribution in [0.1, 0.15) is 47.5 Å². The van der Waals surface area contributed by atoms with Gasteiger partial charge in [-0.25, -0.2) is 15.0 Å². The highest BCUT2D eigenvalue weighted by molar-refractivity contribution is 7.16. The Kier molecular flexibility index (Phi) is 6.11. The number of ether oxygens (including phenoxy) is 3. The number of fused-ring (bicyclic) bond motifs is 3. The van der Waals surface area contributed by atoms with Gasteiger partial charge in [0, 0.05) is 5.56 Å². The fraction of sp³-hybridized carbons (Fsp3) is 0.364. The maximum Gasteiger partial charge on any atom is 0.416 e. The molecule has 0 saturated heterocycles. The number of nitrogens with one attached hydrogen (secondary N) is 1. The fourth-order valence-electron chi connectivity index (χ4n) is 3.83. The molecule has 2 aromatic heterocycles. The number of methoxy groups -OCH3 is 2. The van der Waals surface area contributed by atoms with Crippen LogP contribution in [0.5, 0.6) is 17.5 Å². The highest BCUT2D eigenvalue weighted by Gasteiger charge is 2.43. The van der Waals surface area contributed by atoms with E-state index in [1.807, 2.05) is 13.8 Å². The first-order valence-electron chi connectivity index (χ1n) is 10.3. The van der Waals surface area contributed by atoms with Crippen LogP contribution in [0.3, 0.4) is 0 Å². The minimum atomic E-state index is -4.50. The standard InChI is InChI=1S/C22H21F3N4O4S/c1-5-21(6-2)16-15(12-8-7-11(22(23,24)25)9-13(12)33-21)28-20(34-16)29-17(30)14-18(31-3)26-10-27-19(14)32-4/h7-10H,5-6H2,1-4H3,(H,28,29,30). The van der Waals surface area contributed by atoms with Crippen molar-refractivity contribution in [2.45, 2.75) is 38.5 Å². The van der Waals surface area contributed by atoms with Crippen LogP contribution in [0.4, 0.5) is 18.3 Å². The van der Waals surface area contributed by atoms with Crippen LogP contribution >= 0.6 is 11.3 Å². The number of alkyl halides is 3. The molecular weight excluding hydrogens is 473 g/mol. The van der Waals surface area contributed by atoms with Gasteiger partial charge in [-0.2, -0.15) is 13.2 Å². The molecule has 0 spiro atoms. The average Bonchev–Trinajstić information content (AvgIpc) is 3.26. The molecule has 0 radical (unpaired) electrons. The zero-order valence-corrected chi connectivity index (χ0v) is 19.6. The molecule has 8 nitrogen and oxygen atoms in total. The summed E-state index contributed by atoms with van der Waals surface area (Å²) in [7, 11) is 2.72. The largest absolute Gasteiger partial charge is 0.481 e. The Morgan fingerprint density at radius 2 is 1.79 bits per heavy atom. The third kappa shape index (κ3) is 3.91. The van der Waals surface area contributed by atoms with Gasteiger partial charge in [0.25, 0.3) is 5.91 Å². The van der Waals surface area contributed by atoms with Crippen molar-refractivity contribution < 1.29 is 32.2 Å². The maximum atomic E-state index is 13.3. The first kappa shape index (κ1) is 23.7. The molecule has 1 aliphatic rings. The first-order chi connectivity index (χ1) is 16.2. The molecule has 3 aromatic rings. The van der Waals surface area contributed by atoms with Crippen molar-refractivity contribution in [2.75, 3.05) is 19.5 Å². The van der Waals surface area contributed by atoms with E-state index < -0.39 is 23.2 Å². The van der Waals surface area contributed by atoms with Crippen molar-refractivity contribution in [3.05, 3.63) is 40.5 Å². The molecule has 3 heterocycles. The highest BCUT2D eigenvalue weighted by Crippen LogP contribution is 2.52. The number of nitrogens with zero attached hydrogens (tertiary/aromatic N) is 3. The molecule has 4 rings (SSSR count). The van der Waals surface area contributed by atoms with Gasteiger partial charge in [0.1, 0.15) is 17.7 Å². The first-order valence-corrected chi connectivity index (χ1v) is 11.1. The van der Waals surface area contributed by atoms with E-state index in [0.29, 0.717) is 24.1 Å². The van der Waals surface area contributed by atoms with Crippen LogP contribution in [-0.4, -0.2) is 35.1 Å². The number of halogens is 3. The highest BCUT2D eigenvalue weighted by atomic mass is 32.1. The monoisotopic (exact) mass is 494 g/mol. The molecule has 0 unspecified atom stereocenters. The number of rotatable bonds is 6. The number of benzene rings is 1. The van der Waals surface area contributed by atoms with E-state index in [4.69, 9.17) is 14.2 Å². The van der Waals surface area contributed by atoms with Gasteiger partial charge in [-0.3, -0.25) is 10.1 Å². The van der Waals surface area contributed by atoms with E-state index in [9.17, 15) is 18.0 Å². The number of hydrogen-bond acceptors (Lipinski definition) is 8. The summed E-state index contributed by atoms with van der Waals surface area (Å²) >= 11 is 1.20. The molecule has 1 amide bonds. The lowest BCUT2D eigenvalue weighted by Crippen LogP contribution is -2.34. The molecule has 1 aromatic carbocycles. The number of amides is 1. The van der Waals surface area contributed by atoms with Crippen molar-refractivity contribution in [2.24, 2.45) is 0 Å². The fourth-order valence-corrected chi connectivity index (χ4v) is 5.08. The zero-order valence-electron chi connectivity index (χ0n) is 18.7. The molecule has 180 valence electrons. The zero-order chi connectivity index (χ0) is 24.7.